The van der Waals surface area contributed by atoms with E-state index in [0.717, 1.165) is 56.1 Å². The van der Waals surface area contributed by atoms with Crippen molar-refractivity contribution in [3.05, 3.63) is 53.4 Å². The minimum Gasteiger partial charge on any atom is -0.497 e. The van der Waals surface area contributed by atoms with Crippen LogP contribution >= 0.6 is 23.7 Å². The number of methoxy groups -OCH3 is 2. The zero-order chi connectivity index (χ0) is 25.3. The van der Waals surface area contributed by atoms with Crippen LogP contribution in [0.15, 0.2) is 47.8 Å². The van der Waals surface area contributed by atoms with Crippen LogP contribution in [-0.4, -0.2) is 76.0 Å². The Balaban J connectivity index is 0.00000380. The van der Waals surface area contributed by atoms with Gasteiger partial charge in [0.1, 0.15) is 17.2 Å². The van der Waals surface area contributed by atoms with Crippen LogP contribution in [-0.2, 0) is 9.53 Å². The number of ether oxygens (including phenoxy) is 4. The molecule has 37 heavy (non-hydrogen) atoms. The number of anilines is 1. The minimum atomic E-state index is -0.129. The highest BCUT2D eigenvalue weighted by Gasteiger charge is 2.22. The summed E-state index contributed by atoms with van der Waals surface area (Å²) in [6.07, 6.45) is 0.827. The van der Waals surface area contributed by atoms with Crippen molar-refractivity contribution in [3.8, 4) is 28.5 Å². The highest BCUT2D eigenvalue weighted by atomic mass is 35.5. The zero-order valence-corrected chi connectivity index (χ0v) is 23.1. The molecular formula is C27H34ClN3O5S. The Morgan fingerprint density at radius 2 is 1.81 bits per heavy atom. The molecule has 2 aromatic carbocycles. The third kappa shape index (κ3) is 7.82. The third-order valence-electron chi connectivity index (χ3n) is 6.05. The van der Waals surface area contributed by atoms with E-state index in [9.17, 15) is 4.79 Å². The van der Waals surface area contributed by atoms with Crippen molar-refractivity contribution in [1.29, 1.82) is 0 Å². The SMILES string of the molecule is COc1ccc(OC)c(-c2csc(N(CCCN3CCOCC3)C(=O)COc3ccc(C)cc3)n2)c1.Cl. The van der Waals surface area contributed by atoms with Crippen LogP contribution in [0.5, 0.6) is 17.2 Å². The van der Waals surface area contributed by atoms with Crippen molar-refractivity contribution in [1.82, 2.24) is 9.88 Å². The maximum Gasteiger partial charge on any atom is 0.266 e. The predicted molar refractivity (Wildman–Crippen MR) is 149 cm³/mol. The lowest BCUT2D eigenvalue weighted by Gasteiger charge is -2.27. The van der Waals surface area contributed by atoms with Crippen LogP contribution in [0, 0.1) is 6.92 Å². The Hall–Kier alpha value is -2.85. The molecule has 1 aromatic heterocycles. The number of nitrogens with zero attached hydrogens (tertiary/aromatic N) is 3. The standard InChI is InChI=1S/C27H33N3O5S.ClH/c1-20-5-7-21(8-6-20)35-18-26(31)30(12-4-11-29-13-15-34-16-14-29)27-28-24(19-36-27)23-17-22(32-2)9-10-25(23)33-3;/h5-10,17,19H,4,11-16,18H2,1-3H3;1H. The normalized spacial score (nSPS) is 13.5. The number of amides is 1. The summed E-state index contributed by atoms with van der Waals surface area (Å²) in [6, 6.07) is 13.3. The summed E-state index contributed by atoms with van der Waals surface area (Å²) < 4.78 is 22.2. The number of morpholine rings is 1. The van der Waals surface area contributed by atoms with E-state index in [1.807, 2.05) is 54.8 Å². The number of halogens is 1. The molecule has 10 heteroatoms. The van der Waals surface area contributed by atoms with Gasteiger partial charge in [-0.15, -0.1) is 23.7 Å². The molecule has 2 heterocycles. The van der Waals surface area contributed by atoms with Gasteiger partial charge in [0.15, 0.2) is 11.7 Å². The largest absolute Gasteiger partial charge is 0.497 e. The number of hydrogen-bond acceptors (Lipinski definition) is 8. The molecule has 0 atom stereocenters. The Bertz CT molecular complexity index is 1140. The molecule has 0 N–H and O–H groups in total. The smallest absolute Gasteiger partial charge is 0.266 e. The van der Waals surface area contributed by atoms with Gasteiger partial charge in [-0.3, -0.25) is 14.6 Å². The predicted octanol–water partition coefficient (Wildman–Crippen LogP) is 4.69. The fourth-order valence-corrected chi connectivity index (χ4v) is 4.86. The molecule has 0 aliphatic carbocycles. The molecule has 8 nitrogen and oxygen atoms in total. The average molecular weight is 548 g/mol. The van der Waals surface area contributed by atoms with Crippen LogP contribution in [0.3, 0.4) is 0 Å². The summed E-state index contributed by atoms with van der Waals surface area (Å²) in [5.41, 5.74) is 2.69. The van der Waals surface area contributed by atoms with Crippen molar-refractivity contribution in [3.63, 3.8) is 0 Å². The van der Waals surface area contributed by atoms with E-state index in [1.165, 1.54) is 11.3 Å². The quantitative estimate of drug-likeness (QED) is 0.345. The first-order valence-electron chi connectivity index (χ1n) is 12.0. The van der Waals surface area contributed by atoms with Gasteiger partial charge in [-0.2, -0.15) is 0 Å². The van der Waals surface area contributed by atoms with Gasteiger partial charge in [0.05, 0.1) is 33.1 Å². The van der Waals surface area contributed by atoms with Gasteiger partial charge in [-0.05, 0) is 43.7 Å². The monoisotopic (exact) mass is 547 g/mol. The molecule has 1 amide bonds. The van der Waals surface area contributed by atoms with Crippen molar-refractivity contribution >= 4 is 34.8 Å². The van der Waals surface area contributed by atoms with E-state index in [1.54, 1.807) is 19.1 Å². The van der Waals surface area contributed by atoms with Gasteiger partial charge in [-0.1, -0.05) is 17.7 Å². The lowest BCUT2D eigenvalue weighted by molar-refractivity contribution is -0.120. The van der Waals surface area contributed by atoms with Crippen LogP contribution in [0.2, 0.25) is 0 Å². The zero-order valence-electron chi connectivity index (χ0n) is 21.5. The Labute approximate surface area is 228 Å². The fourth-order valence-electron chi connectivity index (χ4n) is 3.99. The molecule has 200 valence electrons. The van der Waals surface area contributed by atoms with Gasteiger partial charge >= 0.3 is 0 Å². The summed E-state index contributed by atoms with van der Waals surface area (Å²) in [5, 5.41) is 2.57. The van der Waals surface area contributed by atoms with Crippen LogP contribution in [0.4, 0.5) is 5.13 Å². The summed E-state index contributed by atoms with van der Waals surface area (Å²) in [5.74, 6) is 1.95. The molecule has 1 aliphatic heterocycles. The second-order valence-corrected chi connectivity index (χ2v) is 9.37. The molecule has 0 spiro atoms. The minimum absolute atomic E-state index is 0. The van der Waals surface area contributed by atoms with Gasteiger partial charge in [0.25, 0.3) is 5.91 Å². The number of carbonyl (C=O) groups excluding carboxylic acids is 1. The van der Waals surface area contributed by atoms with Gasteiger partial charge in [0, 0.05) is 37.1 Å². The van der Waals surface area contributed by atoms with Crippen LogP contribution in [0.25, 0.3) is 11.3 Å². The second kappa shape index (κ2) is 14.2. The van der Waals surface area contributed by atoms with Gasteiger partial charge < -0.3 is 18.9 Å². The fraction of sp³-hybridized carbons (Fsp3) is 0.407. The van der Waals surface area contributed by atoms with E-state index in [-0.39, 0.29) is 24.9 Å². The van der Waals surface area contributed by atoms with Gasteiger partial charge in [0.2, 0.25) is 0 Å². The molecular weight excluding hydrogens is 514 g/mol. The van der Waals surface area contributed by atoms with E-state index in [4.69, 9.17) is 23.9 Å². The Kier molecular flexibility index (Phi) is 11.0. The van der Waals surface area contributed by atoms with E-state index in [0.29, 0.717) is 28.9 Å². The summed E-state index contributed by atoms with van der Waals surface area (Å²) in [4.78, 5) is 22.2. The maximum absolute atomic E-state index is 13.3. The lowest BCUT2D eigenvalue weighted by atomic mass is 10.1. The number of aromatic nitrogens is 1. The van der Waals surface area contributed by atoms with Crippen molar-refractivity contribution < 1.29 is 23.7 Å². The van der Waals surface area contributed by atoms with E-state index in [2.05, 4.69) is 4.90 Å². The molecule has 1 saturated heterocycles. The Morgan fingerprint density at radius 1 is 1.08 bits per heavy atom. The van der Waals surface area contributed by atoms with Crippen LogP contribution in [0.1, 0.15) is 12.0 Å². The highest BCUT2D eigenvalue weighted by Crippen LogP contribution is 2.36. The number of rotatable bonds is 11. The van der Waals surface area contributed by atoms with Crippen molar-refractivity contribution in [2.24, 2.45) is 0 Å². The maximum atomic E-state index is 13.3. The van der Waals surface area contributed by atoms with E-state index >= 15 is 0 Å². The first-order chi connectivity index (χ1) is 17.6. The molecule has 1 fully saturated rings. The second-order valence-electron chi connectivity index (χ2n) is 8.54. The number of carbonyl (C=O) groups is 1. The molecule has 0 bridgehead atoms. The molecule has 1 aliphatic rings. The number of benzene rings is 2. The summed E-state index contributed by atoms with van der Waals surface area (Å²) >= 11 is 1.43. The number of thiazole rings is 1. The summed E-state index contributed by atoms with van der Waals surface area (Å²) in [6.45, 7) is 6.75. The van der Waals surface area contributed by atoms with Crippen molar-refractivity contribution in [2.45, 2.75) is 13.3 Å². The van der Waals surface area contributed by atoms with Crippen LogP contribution < -0.4 is 19.1 Å². The topological polar surface area (TPSA) is 73.4 Å². The van der Waals surface area contributed by atoms with E-state index < -0.39 is 0 Å². The number of hydrogen-bond donors (Lipinski definition) is 0. The highest BCUT2D eigenvalue weighted by molar-refractivity contribution is 7.14. The molecule has 0 radical (unpaired) electrons. The first-order valence-corrected chi connectivity index (χ1v) is 12.9. The average Bonchev–Trinajstić information content (AvgIpc) is 3.40. The number of aryl methyl sites for hydroxylation is 1. The van der Waals surface area contributed by atoms with Crippen molar-refractivity contribution in [2.75, 3.05) is 65.1 Å². The third-order valence-corrected chi connectivity index (χ3v) is 6.91. The molecule has 4 rings (SSSR count). The molecule has 0 unspecified atom stereocenters. The van der Waals surface area contributed by atoms with Gasteiger partial charge in [-0.25, -0.2) is 4.98 Å². The molecule has 0 saturated carbocycles. The summed E-state index contributed by atoms with van der Waals surface area (Å²) in [7, 11) is 3.25. The lowest BCUT2D eigenvalue weighted by Crippen LogP contribution is -2.40. The Morgan fingerprint density at radius 3 is 2.51 bits per heavy atom. The first kappa shape index (κ1) is 28.7. The molecule has 3 aromatic rings.